The number of carbonyl (C=O) groups is 5. The van der Waals surface area contributed by atoms with Gasteiger partial charge in [0.2, 0.25) is 15.0 Å². The summed E-state index contributed by atoms with van der Waals surface area (Å²) in [4.78, 5) is 116. The molecule has 135 heavy (non-hydrogen) atoms. The highest BCUT2D eigenvalue weighted by atomic mass is 36.0. The van der Waals surface area contributed by atoms with E-state index in [1.54, 1.807) is 71.4 Å². The molecule has 2 amide bonds. The zero-order chi connectivity index (χ0) is 98.0. The van der Waals surface area contributed by atoms with Crippen LogP contribution in [0.2, 0.25) is 20.6 Å². The quantitative estimate of drug-likeness (QED) is 0.0175. The van der Waals surface area contributed by atoms with Gasteiger partial charge in [0, 0.05) is 96.7 Å². The second-order valence-corrected chi connectivity index (χ2v) is 41.1. The fourth-order valence-electron chi connectivity index (χ4n) is 11.9. The number of ketones is 1. The Labute approximate surface area is 824 Å². The number of aromatic nitrogens is 23. The van der Waals surface area contributed by atoms with Gasteiger partial charge in [-0.05, 0) is 186 Å². The number of piperidine rings is 2. The molecule has 2 atom stereocenters. The SMILES string of the molecule is CC(C)(C)OC(=O)N1CCC[C@@H](N)C1.CC(C)(C)OC(=O)N1CCC[C@@H](Nc2cncc(-c3nnc4ccccn34)n2)C1.Clc1cncc(-c2nnc3ccccn23)n1.NNc1ccccn1.O=C(CNc1ccccn1)c1cncc(Cl)n1.O=C(Cl)c1cncc(Cl)n1.O=C(O)c1cncc(Cl)n1.O=P(Cl)(Cl)Cl.O=S(Cl)Cl.c1ccn2c(-c3cncc(NC4CCCCC4)n3)nnc2c1. The lowest BCUT2D eigenvalue weighted by atomic mass is 9.96. The van der Waals surface area contributed by atoms with Gasteiger partial charge in [-0.25, -0.2) is 64.3 Å². The molecule has 2 aliphatic heterocycles. The summed E-state index contributed by atoms with van der Waals surface area (Å²) in [5, 5.41) is 39.9. The van der Waals surface area contributed by atoms with Crippen molar-refractivity contribution in [3.05, 3.63) is 234 Å². The number of carboxylic acids is 1. The van der Waals surface area contributed by atoms with Crippen molar-refractivity contribution in [1.82, 2.24) is 123 Å². The van der Waals surface area contributed by atoms with E-state index in [0.717, 1.165) is 72.7 Å². The number of fused-ring (bicyclic) bond motifs is 3. The summed E-state index contributed by atoms with van der Waals surface area (Å²) in [6.45, 7) is 14.0. The summed E-state index contributed by atoms with van der Waals surface area (Å²) in [6.07, 6.45) is 36.3. The monoisotopic (exact) mass is 2080 g/mol. The minimum Gasteiger partial charge on any atom is -0.476 e. The van der Waals surface area contributed by atoms with Crippen molar-refractivity contribution in [2.45, 2.75) is 129 Å². The highest BCUT2D eigenvalue weighted by Crippen LogP contribution is 2.61. The second-order valence-electron chi connectivity index (χ2n) is 30.1. The van der Waals surface area contributed by atoms with Crippen LogP contribution in [0.5, 0.6) is 0 Å². The van der Waals surface area contributed by atoms with Crippen molar-refractivity contribution in [2.75, 3.05) is 54.1 Å². The molecular weight excluding hydrogens is 2000 g/mol. The van der Waals surface area contributed by atoms with Gasteiger partial charge in [-0.2, -0.15) is 0 Å². The number of ether oxygens (including phenoxy) is 2. The minimum atomic E-state index is -3.22. The fourth-order valence-corrected chi connectivity index (χ4v) is 12.6. The first kappa shape index (κ1) is 109. The number of amides is 2. The van der Waals surface area contributed by atoms with Crippen LogP contribution in [0.1, 0.15) is 131 Å². The van der Waals surface area contributed by atoms with Gasteiger partial charge in [0.1, 0.15) is 83.6 Å². The van der Waals surface area contributed by atoms with E-state index < -0.39 is 36.8 Å². The van der Waals surface area contributed by atoms with Crippen LogP contribution in [0, 0.1) is 0 Å². The summed E-state index contributed by atoms with van der Waals surface area (Å²) < 4.78 is 35.0. The number of hydrogen-bond acceptors (Lipinski definition) is 35. The number of nitrogen functional groups attached to an aromatic ring is 1. The van der Waals surface area contributed by atoms with Gasteiger partial charge in [-0.3, -0.25) is 57.3 Å². The van der Waals surface area contributed by atoms with E-state index in [1.165, 1.54) is 69.3 Å². The first-order chi connectivity index (χ1) is 64.3. The number of likely N-dealkylation sites (tertiary alicyclic amines) is 2. The van der Waals surface area contributed by atoms with Crippen molar-refractivity contribution in [3.8, 4) is 34.6 Å². The number of hydrogen-bond donors (Lipinski definition) is 7. The molecule has 16 heterocycles. The summed E-state index contributed by atoms with van der Waals surface area (Å²) in [7, 11) is 7.36. The van der Waals surface area contributed by atoms with E-state index in [9.17, 15) is 28.5 Å². The Kier molecular flexibility index (Phi) is 44.6. The molecule has 14 aromatic heterocycles. The lowest BCUT2D eigenvalue weighted by Gasteiger charge is -2.34. The van der Waals surface area contributed by atoms with Gasteiger partial charge in [-0.15, -0.1) is 30.6 Å². The number of halogens is 10. The first-order valence-corrected chi connectivity index (χ1v) is 49.6. The van der Waals surface area contributed by atoms with Crippen LogP contribution in [-0.2, 0) is 23.3 Å². The van der Waals surface area contributed by atoms with E-state index in [-0.39, 0.29) is 69.1 Å². The molecule has 14 aromatic rings. The van der Waals surface area contributed by atoms with Crippen LogP contribution < -0.4 is 33.0 Å². The van der Waals surface area contributed by atoms with Crippen molar-refractivity contribution < 1.29 is 47.3 Å². The second kappa shape index (κ2) is 55.4. The Bertz CT molecular complexity index is 6130. The maximum absolute atomic E-state index is 12.4. The van der Waals surface area contributed by atoms with Crippen LogP contribution in [0.15, 0.2) is 196 Å². The number of nitrogens with zero attached hydrogens (tertiary/aromatic N) is 25. The third-order valence-corrected chi connectivity index (χ3v) is 18.3. The molecule has 3 fully saturated rings. The van der Waals surface area contributed by atoms with Crippen LogP contribution >= 0.6 is 118 Å². The van der Waals surface area contributed by atoms with Crippen LogP contribution in [0.4, 0.5) is 32.9 Å². The van der Waals surface area contributed by atoms with Gasteiger partial charge >= 0.3 is 23.4 Å². The van der Waals surface area contributed by atoms with Crippen molar-refractivity contribution in [2.24, 2.45) is 11.6 Å². The molecule has 0 spiro atoms. The Morgan fingerprint density at radius 1 is 0.474 bits per heavy atom. The van der Waals surface area contributed by atoms with Gasteiger partial charge in [0.05, 0.1) is 80.9 Å². The predicted molar refractivity (Wildman–Crippen MR) is 519 cm³/mol. The van der Waals surface area contributed by atoms with Crippen molar-refractivity contribution in [3.63, 3.8) is 0 Å². The minimum absolute atomic E-state index is 0.0640. The molecule has 3 aliphatic rings. The Morgan fingerprint density at radius 2 is 0.852 bits per heavy atom. The molecule has 53 heteroatoms. The van der Waals surface area contributed by atoms with Crippen LogP contribution in [-0.4, -0.2) is 224 Å². The number of Topliss-reactive ketones (excluding diaryl/α,β-unsaturated/α-hetero) is 1. The van der Waals surface area contributed by atoms with Crippen molar-refractivity contribution >= 4 is 197 Å². The zero-order valence-corrected chi connectivity index (χ0v) is 82.0. The molecule has 9 N–H and O–H groups in total. The first-order valence-electron chi connectivity index (χ1n) is 40.4. The van der Waals surface area contributed by atoms with Crippen LogP contribution in [0.25, 0.3) is 51.5 Å². The molecular formula is C82H90Cl10N31O10PS. The molecule has 0 aromatic carbocycles. The van der Waals surface area contributed by atoms with Gasteiger partial charge in [-0.1, -0.05) is 96.0 Å². The number of hydrazine groups is 1. The number of aromatic carboxylic acids is 1. The standard InChI is InChI=1S/C20H25N7O2.C16H18N6.C11H9ClN4O.C10H6ClN5.C10H20N2O2.C5H2Cl2N2O.C5H3ClN2O2.C5H7N3.Cl3OP.Cl2OS/c1-20(2,3)29-19(28)26-9-6-7-14(13-26)22-16-12-21-11-15(23-16)18-25-24-17-8-4-5-10-27(17)18;1-2-6-12(7-3-1)18-14-11-17-10-13(19-14)16-21-20-15-8-4-5-9-22(15)16;12-10-7-13-5-8(16-10)9(17)6-15-11-3-1-2-4-14-11;11-8-6-12-5-7(13-8)10-15-14-9-3-1-2-4-16(9)10;1-10(2,3)14-9(13)12-6-4-5-8(11)7-12;6-4-2-8-1-3(9-4)5(7)10;6-4-2-7-1-3(8-4)5(9)10;6-8-5-3-1-2-4-7-5;1-5(2,3)4;1-4(2)3/h4-5,8,10-12,14H,6-7,9,13H2,1-3H3,(H,22,23);4-5,8-12H,1-3,6-7H2,(H,18,19);1-5,7H,6H2,(H,14,15);1-6H;8H,4-7,11H2,1-3H3;1-2H;1-2H,(H,9,10);1-4H,6H2,(H,7,8);;/t14-;;;;8-;;;;;/m1...1...../s1. The normalized spacial score (nSPS) is 13.9. The average molecular weight is 2090 g/mol. The van der Waals surface area contributed by atoms with Crippen molar-refractivity contribution in [1.29, 1.82) is 0 Å². The molecule has 2 saturated heterocycles. The Balaban J connectivity index is 0.000000192. The molecule has 0 radical (unpaired) electrons. The molecule has 1 aliphatic carbocycles. The lowest BCUT2D eigenvalue weighted by molar-refractivity contribution is 0.0193. The average Bonchev–Trinajstić information content (AvgIpc) is 1.68. The zero-order valence-electron chi connectivity index (χ0n) is 72.7. The number of pyridine rings is 5. The molecule has 41 nitrogen and oxygen atoms in total. The lowest BCUT2D eigenvalue weighted by Crippen LogP contribution is -2.47. The fraction of sp³-hybridized carbons (Fsp3) is 0.305. The molecule has 714 valence electrons. The molecule has 0 bridgehead atoms. The van der Waals surface area contributed by atoms with E-state index in [4.69, 9.17) is 88.4 Å². The number of carbonyl (C=O) groups excluding carboxylic acids is 4. The maximum atomic E-state index is 12.4. The number of nitrogens with two attached hydrogens (primary N) is 2. The molecule has 1 saturated carbocycles. The predicted octanol–water partition coefficient (Wildman–Crippen LogP) is 17.5. The highest BCUT2D eigenvalue weighted by Gasteiger charge is 2.30. The van der Waals surface area contributed by atoms with E-state index >= 15 is 0 Å². The smallest absolute Gasteiger partial charge is 0.410 e. The third-order valence-electron chi connectivity index (χ3n) is 17.4. The van der Waals surface area contributed by atoms with E-state index in [0.29, 0.717) is 71.3 Å². The Morgan fingerprint density at radius 3 is 1.24 bits per heavy atom. The van der Waals surface area contributed by atoms with E-state index in [1.807, 2.05) is 146 Å². The van der Waals surface area contributed by atoms with E-state index in [2.05, 4.69) is 177 Å². The summed E-state index contributed by atoms with van der Waals surface area (Å²) in [6, 6.07) is 28.8. The highest BCUT2D eigenvalue weighted by molar-refractivity contribution is 8.26. The number of carboxylic acid groups (broad SMARTS) is 1. The van der Waals surface area contributed by atoms with Gasteiger partial charge < -0.3 is 51.5 Å². The molecule has 17 rings (SSSR count). The molecule has 0 unspecified atom stereocenters. The summed E-state index contributed by atoms with van der Waals surface area (Å²) >= 11 is 41.1. The Hall–Kier alpha value is -11.6. The van der Waals surface area contributed by atoms with Crippen LogP contribution in [0.3, 0.4) is 0 Å². The number of nitrogens with one attached hydrogen (secondary N) is 4. The number of anilines is 4. The summed E-state index contributed by atoms with van der Waals surface area (Å²) in [5.41, 5.74) is 11.7. The van der Waals surface area contributed by atoms with Gasteiger partial charge in [0.25, 0.3) is 5.24 Å². The number of rotatable bonds is 14. The largest absolute Gasteiger partial charge is 0.476 e. The maximum Gasteiger partial charge on any atom is 0.410 e. The third kappa shape index (κ3) is 40.5. The topological polar surface area (TPSA) is 536 Å². The summed E-state index contributed by atoms with van der Waals surface area (Å²) in [5.74, 6) is 8.49. The van der Waals surface area contributed by atoms with Gasteiger partial charge in [0.15, 0.2) is 40.1 Å².